The Morgan fingerprint density at radius 2 is 1.68 bits per heavy atom. The number of carboxylic acids is 1. The summed E-state index contributed by atoms with van der Waals surface area (Å²) in [6.07, 6.45) is 2.19. The zero-order valence-electron chi connectivity index (χ0n) is 22.3. The summed E-state index contributed by atoms with van der Waals surface area (Å²) in [5.74, 6) is -0.725. The van der Waals surface area contributed by atoms with Gasteiger partial charge in [-0.05, 0) is 49.8 Å². The van der Waals surface area contributed by atoms with E-state index in [0.717, 1.165) is 55.1 Å². The second-order valence-electron chi connectivity index (χ2n) is 10.2. The van der Waals surface area contributed by atoms with Gasteiger partial charge in [0.05, 0.1) is 12.0 Å². The van der Waals surface area contributed by atoms with Crippen molar-refractivity contribution in [2.75, 3.05) is 26.2 Å². The molecule has 204 valence electrons. The van der Waals surface area contributed by atoms with Crippen molar-refractivity contribution >= 4 is 23.7 Å². The lowest BCUT2D eigenvalue weighted by Crippen LogP contribution is -2.48. The summed E-state index contributed by atoms with van der Waals surface area (Å²) >= 11 is 0. The van der Waals surface area contributed by atoms with Crippen LogP contribution in [0.4, 0.5) is 0 Å². The smallest absolute Gasteiger partial charge is 0.309 e. The van der Waals surface area contributed by atoms with Gasteiger partial charge in [-0.1, -0.05) is 54.6 Å². The first-order valence-electron chi connectivity index (χ1n) is 13.2. The molecule has 0 aromatic heterocycles. The number of unbranched alkanes of at least 4 members (excludes halogenated alkanes) is 1. The summed E-state index contributed by atoms with van der Waals surface area (Å²) in [7, 11) is 0. The highest BCUT2D eigenvalue weighted by molar-refractivity contribution is 5.88. The number of carbonyl (C=O) groups is 3. The predicted octanol–water partition coefficient (Wildman–Crippen LogP) is 2.72. The van der Waals surface area contributed by atoms with E-state index in [-0.39, 0.29) is 24.7 Å². The molecule has 9 nitrogen and oxygen atoms in total. The van der Waals surface area contributed by atoms with Gasteiger partial charge in [-0.2, -0.15) is 0 Å². The van der Waals surface area contributed by atoms with Crippen LogP contribution in [0.1, 0.15) is 45.1 Å². The van der Waals surface area contributed by atoms with Gasteiger partial charge >= 0.3 is 5.97 Å². The quantitative estimate of drug-likeness (QED) is 0.243. The van der Waals surface area contributed by atoms with Crippen molar-refractivity contribution in [2.24, 2.45) is 10.4 Å². The van der Waals surface area contributed by atoms with E-state index in [1.54, 1.807) is 13.8 Å². The van der Waals surface area contributed by atoms with E-state index in [2.05, 4.69) is 26.3 Å². The molecule has 1 aliphatic heterocycles. The Balaban J connectivity index is 1.56. The van der Waals surface area contributed by atoms with Gasteiger partial charge in [0.1, 0.15) is 6.04 Å². The van der Waals surface area contributed by atoms with Crippen LogP contribution in [-0.4, -0.2) is 61.1 Å². The highest BCUT2D eigenvalue weighted by atomic mass is 16.4. The lowest BCUT2D eigenvalue weighted by molar-refractivity contribution is -0.147. The molecule has 0 saturated carbocycles. The summed E-state index contributed by atoms with van der Waals surface area (Å²) in [5, 5.41) is 21.5. The van der Waals surface area contributed by atoms with Gasteiger partial charge in [-0.15, -0.1) is 0 Å². The second-order valence-corrected chi connectivity index (χ2v) is 10.2. The van der Waals surface area contributed by atoms with Gasteiger partial charge in [0.25, 0.3) is 0 Å². The molecule has 2 aromatic rings. The molecule has 0 bridgehead atoms. The first-order valence-corrected chi connectivity index (χ1v) is 13.2. The van der Waals surface area contributed by atoms with Crippen molar-refractivity contribution in [1.29, 1.82) is 0 Å². The zero-order chi connectivity index (χ0) is 27.4. The lowest BCUT2D eigenvalue weighted by atomic mass is 9.88. The van der Waals surface area contributed by atoms with E-state index in [9.17, 15) is 19.5 Å². The molecule has 1 atom stereocenters. The maximum absolute atomic E-state index is 13.1. The average Bonchev–Trinajstić information content (AvgIpc) is 3.43. The fraction of sp³-hybridized carbons (Fsp3) is 0.448. The maximum Gasteiger partial charge on any atom is 0.309 e. The van der Waals surface area contributed by atoms with Gasteiger partial charge < -0.3 is 26.4 Å². The number of nitrogens with zero attached hydrogens (tertiary/aromatic N) is 1. The fourth-order valence-electron chi connectivity index (χ4n) is 4.02. The molecule has 3 rings (SSSR count). The largest absolute Gasteiger partial charge is 0.481 e. The Hall–Kier alpha value is -3.88. The third-order valence-corrected chi connectivity index (χ3v) is 6.58. The minimum Gasteiger partial charge on any atom is -0.481 e. The topological polar surface area (TPSA) is 132 Å². The number of nitrogens with one attached hydrogen (secondary N) is 4. The molecular weight excluding hydrogens is 482 g/mol. The van der Waals surface area contributed by atoms with E-state index < -0.39 is 17.4 Å². The summed E-state index contributed by atoms with van der Waals surface area (Å²) in [5.41, 5.74) is 2.08. The summed E-state index contributed by atoms with van der Waals surface area (Å²) in [4.78, 5) is 41.4. The van der Waals surface area contributed by atoms with Gasteiger partial charge in [-0.3, -0.25) is 19.4 Å². The molecule has 0 fully saturated rings. The van der Waals surface area contributed by atoms with Gasteiger partial charge in [0.15, 0.2) is 5.96 Å². The molecule has 0 aliphatic carbocycles. The van der Waals surface area contributed by atoms with Crippen LogP contribution in [0.5, 0.6) is 0 Å². The number of carbonyl (C=O) groups excluding carboxylic acids is 2. The monoisotopic (exact) mass is 521 g/mol. The van der Waals surface area contributed by atoms with E-state index in [1.165, 1.54) is 0 Å². The second kappa shape index (κ2) is 14.2. The van der Waals surface area contributed by atoms with Crippen LogP contribution >= 0.6 is 0 Å². The van der Waals surface area contributed by atoms with Crippen molar-refractivity contribution in [3.05, 3.63) is 60.2 Å². The Morgan fingerprint density at radius 1 is 1.00 bits per heavy atom. The van der Waals surface area contributed by atoms with E-state index in [1.807, 2.05) is 54.6 Å². The number of aliphatic carboxylic acids is 1. The number of carboxylic acid groups (broad SMARTS) is 1. The molecule has 5 N–H and O–H groups in total. The van der Waals surface area contributed by atoms with Crippen molar-refractivity contribution in [3.63, 3.8) is 0 Å². The first kappa shape index (κ1) is 28.7. The number of hydrogen-bond donors (Lipinski definition) is 5. The third kappa shape index (κ3) is 9.21. The van der Waals surface area contributed by atoms with E-state index >= 15 is 0 Å². The Labute approximate surface area is 224 Å². The van der Waals surface area contributed by atoms with Crippen LogP contribution in [0.2, 0.25) is 0 Å². The zero-order valence-corrected chi connectivity index (χ0v) is 22.3. The maximum atomic E-state index is 13.1. The molecule has 1 heterocycles. The minimum absolute atomic E-state index is 0.0274. The van der Waals surface area contributed by atoms with Crippen LogP contribution in [0.15, 0.2) is 59.6 Å². The molecule has 1 aliphatic rings. The van der Waals surface area contributed by atoms with Crippen molar-refractivity contribution in [1.82, 2.24) is 21.3 Å². The molecule has 38 heavy (non-hydrogen) atoms. The van der Waals surface area contributed by atoms with Crippen molar-refractivity contribution in [2.45, 2.75) is 52.0 Å². The Kier molecular flexibility index (Phi) is 10.7. The molecule has 0 saturated heterocycles. The summed E-state index contributed by atoms with van der Waals surface area (Å²) in [6.45, 7) is 6.07. The predicted molar refractivity (Wildman–Crippen MR) is 149 cm³/mol. The molecule has 9 heteroatoms. The van der Waals surface area contributed by atoms with E-state index in [4.69, 9.17) is 0 Å². The summed E-state index contributed by atoms with van der Waals surface area (Å²) in [6, 6.07) is 17.2. The van der Waals surface area contributed by atoms with Crippen LogP contribution in [0, 0.1) is 5.41 Å². The highest BCUT2D eigenvalue weighted by Crippen LogP contribution is 2.23. The number of rotatable bonds is 14. The SMILES string of the molecule is CC(C)(CCC(=O)N[C@@H](Cc1ccc(-c2ccccc2)cc1)C(=O)NCCCCNC1=NCCN1)C(=O)O. The fourth-order valence-corrected chi connectivity index (χ4v) is 4.02. The standard InChI is InChI=1S/C29H39N5O4/c1-29(2,27(37)38)15-14-25(35)34-24(26(36)30-16-6-7-17-31-28-32-18-19-33-28)20-21-10-12-23(13-11-21)22-8-4-3-5-9-22/h3-5,8-13,24H,6-7,14-20H2,1-2H3,(H,30,36)(H,34,35)(H,37,38)(H2,31,32,33)/t24-/m0/s1. The third-order valence-electron chi connectivity index (χ3n) is 6.58. The number of aliphatic imine (C=N–C) groups is 1. The van der Waals surface area contributed by atoms with Gasteiger partial charge in [0, 0.05) is 32.5 Å². The van der Waals surface area contributed by atoms with Crippen LogP contribution in [0.25, 0.3) is 11.1 Å². The summed E-state index contributed by atoms with van der Waals surface area (Å²) < 4.78 is 0. The number of hydrogen-bond acceptors (Lipinski definition) is 6. The van der Waals surface area contributed by atoms with Crippen molar-refractivity contribution < 1.29 is 19.5 Å². The van der Waals surface area contributed by atoms with Gasteiger partial charge in [-0.25, -0.2) is 0 Å². The highest BCUT2D eigenvalue weighted by Gasteiger charge is 2.29. The molecular formula is C29H39N5O4. The Bertz CT molecular complexity index is 1100. The van der Waals surface area contributed by atoms with Crippen LogP contribution in [-0.2, 0) is 20.8 Å². The minimum atomic E-state index is -1.02. The Morgan fingerprint density at radius 3 is 2.34 bits per heavy atom. The van der Waals surface area contributed by atoms with E-state index in [0.29, 0.717) is 13.0 Å². The van der Waals surface area contributed by atoms with Gasteiger partial charge in [0.2, 0.25) is 11.8 Å². The lowest BCUT2D eigenvalue weighted by Gasteiger charge is -2.21. The number of amides is 2. The first-order chi connectivity index (χ1) is 18.2. The van der Waals surface area contributed by atoms with Crippen molar-refractivity contribution in [3.8, 4) is 11.1 Å². The van der Waals surface area contributed by atoms with Crippen LogP contribution in [0.3, 0.4) is 0 Å². The average molecular weight is 522 g/mol. The van der Waals surface area contributed by atoms with Crippen LogP contribution < -0.4 is 21.3 Å². The number of benzene rings is 2. The molecule has 0 radical (unpaired) electrons. The number of guanidine groups is 1. The molecule has 2 amide bonds. The molecule has 0 unspecified atom stereocenters. The molecule has 2 aromatic carbocycles. The normalized spacial score (nSPS) is 13.7. The molecule has 0 spiro atoms.